The maximum atomic E-state index is 11.1. The lowest BCUT2D eigenvalue weighted by Gasteiger charge is -2.38. The molecule has 1 aromatic carbocycles. The van der Waals surface area contributed by atoms with Crippen molar-refractivity contribution in [2.24, 2.45) is 5.41 Å². The topological polar surface area (TPSA) is 66.6 Å². The van der Waals surface area contributed by atoms with Gasteiger partial charge in [0, 0.05) is 19.2 Å². The SMILES string of the molecule is O=[N+]([O-])c1ccc(CO)cc1N1CCC2(CCC2)C1. The van der Waals surface area contributed by atoms with Gasteiger partial charge in [0.25, 0.3) is 5.69 Å². The van der Waals surface area contributed by atoms with Crippen LogP contribution in [0, 0.1) is 15.5 Å². The molecule has 1 spiro atoms. The predicted octanol–water partition coefficient (Wildman–Crippen LogP) is 2.47. The Morgan fingerprint density at radius 3 is 2.68 bits per heavy atom. The lowest BCUT2D eigenvalue weighted by Crippen LogP contribution is -2.33. The summed E-state index contributed by atoms with van der Waals surface area (Å²) < 4.78 is 0. The van der Waals surface area contributed by atoms with E-state index in [1.807, 2.05) is 0 Å². The molecule has 0 aromatic heterocycles. The van der Waals surface area contributed by atoms with E-state index in [1.165, 1.54) is 25.3 Å². The van der Waals surface area contributed by atoms with E-state index in [-0.39, 0.29) is 17.2 Å². The predicted molar refractivity (Wildman–Crippen MR) is 72.1 cm³/mol. The number of rotatable bonds is 3. The molecule has 1 aliphatic heterocycles. The van der Waals surface area contributed by atoms with Crippen molar-refractivity contribution in [2.75, 3.05) is 18.0 Å². The molecule has 102 valence electrons. The van der Waals surface area contributed by atoms with Crippen LogP contribution in [-0.2, 0) is 6.61 Å². The second-order valence-electron chi connectivity index (χ2n) is 5.76. The number of nitro groups is 1. The molecule has 1 N–H and O–H groups in total. The fourth-order valence-corrected chi connectivity index (χ4v) is 3.30. The minimum absolute atomic E-state index is 0.0794. The van der Waals surface area contributed by atoms with E-state index < -0.39 is 0 Å². The van der Waals surface area contributed by atoms with Crippen molar-refractivity contribution in [3.05, 3.63) is 33.9 Å². The van der Waals surface area contributed by atoms with Gasteiger partial charge in [-0.15, -0.1) is 0 Å². The summed E-state index contributed by atoms with van der Waals surface area (Å²) in [6.07, 6.45) is 4.91. The third-order valence-corrected chi connectivity index (χ3v) is 4.61. The van der Waals surface area contributed by atoms with Crippen LogP contribution in [0.15, 0.2) is 18.2 Å². The number of nitro benzene ring substituents is 1. The van der Waals surface area contributed by atoms with Crippen molar-refractivity contribution < 1.29 is 10.0 Å². The molecular weight excluding hydrogens is 244 g/mol. The normalized spacial score (nSPS) is 20.6. The van der Waals surface area contributed by atoms with Crippen molar-refractivity contribution in [1.82, 2.24) is 0 Å². The Labute approximate surface area is 112 Å². The van der Waals surface area contributed by atoms with Gasteiger partial charge in [0.2, 0.25) is 0 Å². The number of benzene rings is 1. The number of aliphatic hydroxyl groups excluding tert-OH is 1. The van der Waals surface area contributed by atoms with E-state index in [1.54, 1.807) is 12.1 Å². The molecule has 0 unspecified atom stereocenters. The Morgan fingerprint density at radius 1 is 1.37 bits per heavy atom. The lowest BCUT2D eigenvalue weighted by molar-refractivity contribution is -0.384. The maximum absolute atomic E-state index is 11.1. The molecule has 3 rings (SSSR count). The first-order chi connectivity index (χ1) is 9.13. The van der Waals surface area contributed by atoms with Crippen LogP contribution in [0.25, 0.3) is 0 Å². The molecule has 2 aliphatic rings. The largest absolute Gasteiger partial charge is 0.392 e. The molecule has 0 atom stereocenters. The van der Waals surface area contributed by atoms with Crippen LogP contribution in [0.4, 0.5) is 11.4 Å². The molecule has 0 radical (unpaired) electrons. The van der Waals surface area contributed by atoms with Crippen LogP contribution >= 0.6 is 0 Å². The van der Waals surface area contributed by atoms with E-state index in [4.69, 9.17) is 0 Å². The van der Waals surface area contributed by atoms with E-state index in [0.29, 0.717) is 11.1 Å². The minimum Gasteiger partial charge on any atom is -0.392 e. The number of aliphatic hydroxyl groups is 1. The van der Waals surface area contributed by atoms with Crippen LogP contribution in [0.2, 0.25) is 0 Å². The van der Waals surface area contributed by atoms with Crippen molar-refractivity contribution in [3.8, 4) is 0 Å². The average molecular weight is 262 g/mol. The summed E-state index contributed by atoms with van der Waals surface area (Å²) in [5.74, 6) is 0. The highest BCUT2D eigenvalue weighted by Gasteiger charge is 2.43. The zero-order chi connectivity index (χ0) is 13.5. The van der Waals surface area contributed by atoms with Crippen LogP contribution < -0.4 is 4.90 Å². The molecule has 1 aliphatic carbocycles. The van der Waals surface area contributed by atoms with Gasteiger partial charge in [0.15, 0.2) is 0 Å². The Bertz CT molecular complexity index is 511. The summed E-state index contributed by atoms with van der Waals surface area (Å²) in [6.45, 7) is 1.72. The Morgan fingerprint density at radius 2 is 2.16 bits per heavy atom. The molecule has 1 saturated heterocycles. The van der Waals surface area contributed by atoms with E-state index in [2.05, 4.69) is 4.90 Å². The molecule has 0 bridgehead atoms. The summed E-state index contributed by atoms with van der Waals surface area (Å²) >= 11 is 0. The van der Waals surface area contributed by atoms with Gasteiger partial charge in [-0.3, -0.25) is 10.1 Å². The summed E-state index contributed by atoms with van der Waals surface area (Å²) in [4.78, 5) is 12.9. The molecule has 5 heteroatoms. The zero-order valence-corrected chi connectivity index (χ0v) is 10.8. The Kier molecular flexibility index (Phi) is 2.93. The Balaban J connectivity index is 1.92. The summed E-state index contributed by atoms with van der Waals surface area (Å²) in [7, 11) is 0. The first kappa shape index (κ1) is 12.4. The van der Waals surface area contributed by atoms with Crippen molar-refractivity contribution in [3.63, 3.8) is 0 Å². The van der Waals surface area contributed by atoms with Gasteiger partial charge < -0.3 is 10.0 Å². The number of anilines is 1. The van der Waals surface area contributed by atoms with E-state index in [0.717, 1.165) is 25.1 Å². The fourth-order valence-electron chi connectivity index (χ4n) is 3.30. The van der Waals surface area contributed by atoms with Gasteiger partial charge in [0.1, 0.15) is 5.69 Å². The molecule has 5 nitrogen and oxygen atoms in total. The van der Waals surface area contributed by atoms with Gasteiger partial charge >= 0.3 is 0 Å². The molecule has 1 saturated carbocycles. The summed E-state index contributed by atoms with van der Waals surface area (Å²) in [5, 5.41) is 20.3. The number of hydrogen-bond donors (Lipinski definition) is 1. The first-order valence-electron chi connectivity index (χ1n) is 6.77. The molecule has 1 heterocycles. The van der Waals surface area contributed by atoms with Gasteiger partial charge in [-0.05, 0) is 42.4 Å². The van der Waals surface area contributed by atoms with Gasteiger partial charge in [-0.1, -0.05) is 6.42 Å². The summed E-state index contributed by atoms with van der Waals surface area (Å²) in [6, 6.07) is 4.89. The smallest absolute Gasteiger partial charge is 0.292 e. The monoisotopic (exact) mass is 262 g/mol. The van der Waals surface area contributed by atoms with Gasteiger partial charge in [-0.2, -0.15) is 0 Å². The number of nitrogens with zero attached hydrogens (tertiary/aromatic N) is 2. The van der Waals surface area contributed by atoms with E-state index >= 15 is 0 Å². The molecule has 2 fully saturated rings. The highest BCUT2D eigenvalue weighted by atomic mass is 16.6. The second kappa shape index (κ2) is 4.49. The minimum atomic E-state index is -0.331. The standard InChI is InChI=1S/C14H18N2O3/c17-9-11-2-3-12(16(18)19)13(8-11)15-7-6-14(10-15)4-1-5-14/h2-3,8,17H,1,4-7,9-10H2. The van der Waals surface area contributed by atoms with Crippen molar-refractivity contribution >= 4 is 11.4 Å². The molecule has 19 heavy (non-hydrogen) atoms. The quantitative estimate of drug-likeness (QED) is 0.671. The Hall–Kier alpha value is -1.62. The third-order valence-electron chi connectivity index (χ3n) is 4.61. The van der Waals surface area contributed by atoms with Crippen LogP contribution in [0.5, 0.6) is 0 Å². The fraction of sp³-hybridized carbons (Fsp3) is 0.571. The van der Waals surface area contributed by atoms with Gasteiger partial charge in [-0.25, -0.2) is 0 Å². The maximum Gasteiger partial charge on any atom is 0.292 e. The van der Waals surface area contributed by atoms with Crippen molar-refractivity contribution in [1.29, 1.82) is 0 Å². The molecule has 0 amide bonds. The van der Waals surface area contributed by atoms with Gasteiger partial charge in [0.05, 0.1) is 11.5 Å². The van der Waals surface area contributed by atoms with E-state index in [9.17, 15) is 15.2 Å². The van der Waals surface area contributed by atoms with Crippen LogP contribution in [0.3, 0.4) is 0 Å². The highest BCUT2D eigenvalue weighted by Crippen LogP contribution is 2.49. The van der Waals surface area contributed by atoms with Crippen LogP contribution in [-0.4, -0.2) is 23.1 Å². The second-order valence-corrected chi connectivity index (χ2v) is 5.76. The zero-order valence-electron chi connectivity index (χ0n) is 10.8. The van der Waals surface area contributed by atoms with Crippen molar-refractivity contribution in [2.45, 2.75) is 32.3 Å². The summed E-state index contributed by atoms with van der Waals surface area (Å²) in [5.41, 5.74) is 1.95. The first-order valence-corrected chi connectivity index (χ1v) is 6.77. The van der Waals surface area contributed by atoms with Crippen LogP contribution in [0.1, 0.15) is 31.2 Å². The molecular formula is C14H18N2O3. The third kappa shape index (κ3) is 2.08. The number of hydrogen-bond acceptors (Lipinski definition) is 4. The lowest BCUT2D eigenvalue weighted by atomic mass is 9.68. The highest BCUT2D eigenvalue weighted by molar-refractivity contribution is 5.65. The molecule has 1 aromatic rings. The average Bonchev–Trinajstić information content (AvgIpc) is 2.83.